The van der Waals surface area contributed by atoms with Gasteiger partial charge in [0.05, 0.1) is 11.1 Å². The molecule has 1 fully saturated rings. The van der Waals surface area contributed by atoms with Gasteiger partial charge in [0.2, 0.25) is 0 Å². The van der Waals surface area contributed by atoms with Crippen LogP contribution in [0, 0.1) is 0 Å². The van der Waals surface area contributed by atoms with E-state index < -0.39 is 35.0 Å². The minimum atomic E-state index is -4.97. The third kappa shape index (κ3) is 5.34. The topological polar surface area (TPSA) is 63.1 Å². The van der Waals surface area contributed by atoms with Crippen molar-refractivity contribution in [1.82, 2.24) is 25.2 Å². The number of carbonyl (C=O) groups excluding carboxylic acids is 1. The summed E-state index contributed by atoms with van der Waals surface area (Å²) in [6.45, 7) is 1.45. The number of hydrogen-bond donors (Lipinski definition) is 1. The van der Waals surface area contributed by atoms with Gasteiger partial charge in [0.15, 0.2) is 5.82 Å². The number of hydrogen-bond acceptors (Lipinski definition) is 4. The number of aromatic nitrogens is 3. The zero-order chi connectivity index (χ0) is 21.2. The highest BCUT2D eigenvalue weighted by Gasteiger charge is 2.37. The van der Waals surface area contributed by atoms with Crippen molar-refractivity contribution >= 4 is 12.1 Å². The van der Waals surface area contributed by atoms with Crippen LogP contribution in [0.25, 0.3) is 17.6 Å². The highest BCUT2D eigenvalue weighted by Crippen LogP contribution is 2.38. The maximum atomic E-state index is 13.0. The zero-order valence-electron chi connectivity index (χ0n) is 14.8. The minimum Gasteiger partial charge on any atom is -0.285 e. The number of nitrogens with one attached hydrogen (secondary N) is 1. The van der Waals surface area contributed by atoms with Crippen LogP contribution in [-0.4, -0.2) is 38.8 Å². The van der Waals surface area contributed by atoms with Gasteiger partial charge in [-0.1, -0.05) is 0 Å². The van der Waals surface area contributed by atoms with Gasteiger partial charge in [0.25, 0.3) is 5.91 Å². The van der Waals surface area contributed by atoms with Crippen LogP contribution in [0.3, 0.4) is 0 Å². The molecule has 0 aliphatic carbocycles. The molecule has 29 heavy (non-hydrogen) atoms. The Hall–Kier alpha value is -2.89. The molecule has 1 N–H and O–H groups in total. The van der Waals surface area contributed by atoms with Gasteiger partial charge < -0.3 is 0 Å². The Bertz CT molecular complexity index is 880. The normalized spacial score (nSPS) is 15.9. The number of alkyl halides is 6. The Morgan fingerprint density at radius 3 is 2.14 bits per heavy atom. The molecule has 1 amide bonds. The molecular weight excluding hydrogens is 404 g/mol. The fraction of sp³-hybridized carbons (Fsp3) is 0.353. The highest BCUT2D eigenvalue weighted by molar-refractivity contribution is 5.89. The van der Waals surface area contributed by atoms with E-state index in [1.165, 1.54) is 6.20 Å². The number of halogens is 6. The molecule has 3 rings (SSSR count). The van der Waals surface area contributed by atoms with Crippen molar-refractivity contribution in [3.05, 3.63) is 41.7 Å². The Balaban J connectivity index is 1.82. The predicted octanol–water partition coefficient (Wildman–Crippen LogP) is 3.58. The highest BCUT2D eigenvalue weighted by atomic mass is 19.4. The molecule has 1 aromatic heterocycles. The molecule has 2 heterocycles. The van der Waals surface area contributed by atoms with Crippen LogP contribution in [0.1, 0.15) is 24.0 Å². The summed E-state index contributed by atoms with van der Waals surface area (Å²) in [4.78, 5) is 15.5. The van der Waals surface area contributed by atoms with Crippen LogP contribution in [0.15, 0.2) is 30.6 Å². The van der Waals surface area contributed by atoms with Crippen LogP contribution in [0.5, 0.6) is 0 Å². The Labute approximate surface area is 160 Å². The molecule has 1 aromatic carbocycles. The summed E-state index contributed by atoms with van der Waals surface area (Å²) in [7, 11) is 0. The standard InChI is InChI=1S/C17H15F6N5O/c18-16(19,20)12-7-11(8-13(9-12)17(21,22)23)15-24-10-28(26-15)6-3-14(29)25-27-4-1-2-5-27/h3,6-10H,1-2,4-5H2,(H,25,29). The number of nitrogens with zero attached hydrogens (tertiary/aromatic N) is 4. The lowest BCUT2D eigenvalue weighted by Crippen LogP contribution is -2.39. The second-order valence-corrected chi connectivity index (χ2v) is 6.33. The van der Waals surface area contributed by atoms with E-state index in [1.54, 1.807) is 5.01 Å². The van der Waals surface area contributed by atoms with E-state index in [2.05, 4.69) is 15.5 Å². The fourth-order valence-electron chi connectivity index (χ4n) is 2.73. The summed E-state index contributed by atoms with van der Waals surface area (Å²) in [5.74, 6) is -0.784. The van der Waals surface area contributed by atoms with E-state index in [1.807, 2.05) is 0 Å². The van der Waals surface area contributed by atoms with Crippen molar-refractivity contribution in [2.24, 2.45) is 0 Å². The molecule has 0 atom stereocenters. The SMILES string of the molecule is O=C(C=Cn1cnc(-c2cc(C(F)(F)F)cc(C(F)(F)F)c2)n1)NN1CCCC1. The number of hydrazine groups is 1. The van der Waals surface area contributed by atoms with E-state index in [0.717, 1.165) is 43.0 Å². The van der Waals surface area contributed by atoms with Crippen molar-refractivity contribution in [1.29, 1.82) is 0 Å². The number of rotatable bonds is 4. The molecule has 12 heteroatoms. The number of carbonyl (C=O) groups is 1. The first kappa shape index (κ1) is 20.8. The molecule has 0 spiro atoms. The Morgan fingerprint density at radius 1 is 1.00 bits per heavy atom. The van der Waals surface area contributed by atoms with Crippen LogP contribution in [0.2, 0.25) is 0 Å². The molecule has 1 aliphatic rings. The number of amides is 1. The van der Waals surface area contributed by atoms with Gasteiger partial charge in [-0.2, -0.15) is 26.3 Å². The number of benzene rings is 1. The van der Waals surface area contributed by atoms with E-state index >= 15 is 0 Å². The summed E-state index contributed by atoms with van der Waals surface area (Å²) >= 11 is 0. The van der Waals surface area contributed by atoms with Crippen molar-refractivity contribution in [3.8, 4) is 11.4 Å². The predicted molar refractivity (Wildman–Crippen MR) is 89.7 cm³/mol. The first-order valence-electron chi connectivity index (χ1n) is 8.47. The van der Waals surface area contributed by atoms with Gasteiger partial charge in [-0.3, -0.25) is 10.2 Å². The monoisotopic (exact) mass is 419 g/mol. The average molecular weight is 419 g/mol. The average Bonchev–Trinajstić information content (AvgIpc) is 3.30. The zero-order valence-corrected chi connectivity index (χ0v) is 14.8. The van der Waals surface area contributed by atoms with Crippen LogP contribution in [0.4, 0.5) is 26.3 Å². The summed E-state index contributed by atoms with van der Waals surface area (Å²) in [6, 6.07) is 1.11. The molecule has 1 saturated heterocycles. The maximum absolute atomic E-state index is 13.0. The molecule has 1 aliphatic heterocycles. The molecule has 0 saturated carbocycles. The summed E-state index contributed by atoms with van der Waals surface area (Å²) in [5.41, 5.74) is -0.730. The lowest BCUT2D eigenvalue weighted by atomic mass is 10.0. The molecular formula is C17H15F6N5O. The third-order valence-electron chi connectivity index (χ3n) is 4.11. The largest absolute Gasteiger partial charge is 0.416 e. The minimum absolute atomic E-state index is 0.0308. The lowest BCUT2D eigenvalue weighted by molar-refractivity contribution is -0.143. The maximum Gasteiger partial charge on any atom is 0.416 e. The van der Waals surface area contributed by atoms with Gasteiger partial charge in [-0.05, 0) is 31.0 Å². The Kier molecular flexibility index (Phi) is 5.64. The molecule has 0 radical (unpaired) electrons. The van der Waals surface area contributed by atoms with Crippen molar-refractivity contribution in [2.45, 2.75) is 25.2 Å². The second kappa shape index (κ2) is 7.85. The molecule has 6 nitrogen and oxygen atoms in total. The molecule has 0 bridgehead atoms. The van der Waals surface area contributed by atoms with Gasteiger partial charge >= 0.3 is 12.4 Å². The van der Waals surface area contributed by atoms with Crippen LogP contribution in [-0.2, 0) is 17.1 Å². The molecule has 156 valence electrons. The Morgan fingerprint density at radius 2 is 1.59 bits per heavy atom. The van der Waals surface area contributed by atoms with E-state index in [-0.39, 0.29) is 11.9 Å². The van der Waals surface area contributed by atoms with E-state index in [0.29, 0.717) is 12.1 Å². The van der Waals surface area contributed by atoms with Crippen LogP contribution >= 0.6 is 0 Å². The van der Waals surface area contributed by atoms with Gasteiger partial charge in [-0.15, -0.1) is 5.10 Å². The van der Waals surface area contributed by atoms with E-state index in [9.17, 15) is 31.1 Å². The third-order valence-corrected chi connectivity index (χ3v) is 4.11. The van der Waals surface area contributed by atoms with E-state index in [4.69, 9.17) is 0 Å². The smallest absolute Gasteiger partial charge is 0.285 e. The first-order chi connectivity index (χ1) is 13.5. The van der Waals surface area contributed by atoms with Crippen molar-refractivity contribution < 1.29 is 31.1 Å². The van der Waals surface area contributed by atoms with Gasteiger partial charge in [0.1, 0.15) is 6.33 Å². The van der Waals surface area contributed by atoms with Gasteiger partial charge in [0, 0.05) is 30.9 Å². The second-order valence-electron chi connectivity index (χ2n) is 6.33. The first-order valence-corrected chi connectivity index (χ1v) is 8.47. The van der Waals surface area contributed by atoms with Crippen molar-refractivity contribution in [2.75, 3.05) is 13.1 Å². The summed E-state index contributed by atoms with van der Waals surface area (Å²) in [5, 5.41) is 5.56. The fourth-order valence-corrected chi connectivity index (χ4v) is 2.73. The van der Waals surface area contributed by atoms with Crippen molar-refractivity contribution in [3.63, 3.8) is 0 Å². The van der Waals surface area contributed by atoms with Gasteiger partial charge in [-0.25, -0.2) is 14.7 Å². The molecule has 2 aromatic rings. The van der Waals surface area contributed by atoms with Crippen LogP contribution < -0.4 is 5.43 Å². The summed E-state index contributed by atoms with van der Waals surface area (Å²) in [6.07, 6.45) is -4.61. The quantitative estimate of drug-likeness (QED) is 0.608. The molecule has 0 unspecified atom stereocenters. The summed E-state index contributed by atoms with van der Waals surface area (Å²) < 4.78 is 78.8. The lowest BCUT2D eigenvalue weighted by Gasteiger charge is -2.14.